The quantitative estimate of drug-likeness (QED) is 0.722. The molecule has 0 bridgehead atoms. The lowest BCUT2D eigenvalue weighted by atomic mass is 9.79. The van der Waals surface area contributed by atoms with Crippen molar-refractivity contribution in [2.45, 2.75) is 45.8 Å². The third-order valence-electron chi connectivity index (χ3n) is 3.16. The summed E-state index contributed by atoms with van der Waals surface area (Å²) in [5.74, 6) is 0. The summed E-state index contributed by atoms with van der Waals surface area (Å²) in [6.45, 7) is 7.89. The van der Waals surface area contributed by atoms with E-state index < -0.39 is 23.2 Å². The van der Waals surface area contributed by atoms with Crippen molar-refractivity contribution in [3.05, 3.63) is 0 Å². The van der Waals surface area contributed by atoms with E-state index in [0.717, 1.165) is 0 Å². The Hall–Kier alpha value is -0.810. The van der Waals surface area contributed by atoms with Crippen LogP contribution in [0.3, 0.4) is 0 Å². The molecule has 1 rings (SSSR count). The molecule has 0 radical (unpaired) electrons. The minimum atomic E-state index is -0.714. The maximum Gasteiger partial charge on any atom is 0.410 e. The highest BCUT2D eigenvalue weighted by Gasteiger charge is 2.40. The second-order valence-electron chi connectivity index (χ2n) is 6.00. The largest absolute Gasteiger partial charge is 0.444 e. The van der Waals surface area contributed by atoms with Gasteiger partial charge in [-0.1, -0.05) is 6.92 Å². The van der Waals surface area contributed by atoms with E-state index >= 15 is 0 Å². The van der Waals surface area contributed by atoms with Crippen molar-refractivity contribution < 1.29 is 19.7 Å². The van der Waals surface area contributed by atoms with Gasteiger partial charge in [-0.3, -0.25) is 0 Å². The summed E-state index contributed by atoms with van der Waals surface area (Å²) in [6.07, 6.45) is -0.547. The van der Waals surface area contributed by atoms with Crippen LogP contribution < -0.4 is 0 Å². The number of nitrogens with zero attached hydrogens (tertiary/aromatic N) is 1. The maximum atomic E-state index is 11.8. The lowest BCUT2D eigenvalue weighted by Crippen LogP contribution is -2.53. The highest BCUT2D eigenvalue weighted by Crippen LogP contribution is 2.31. The van der Waals surface area contributed by atoms with Crippen molar-refractivity contribution in [1.82, 2.24) is 4.90 Å². The molecule has 100 valence electrons. The van der Waals surface area contributed by atoms with E-state index in [-0.39, 0.29) is 13.2 Å². The highest BCUT2D eigenvalue weighted by molar-refractivity contribution is 5.68. The molecule has 0 aromatic carbocycles. The van der Waals surface area contributed by atoms with E-state index in [4.69, 9.17) is 4.74 Å². The van der Waals surface area contributed by atoms with Gasteiger partial charge in [-0.15, -0.1) is 0 Å². The summed E-state index contributed by atoms with van der Waals surface area (Å²) in [6, 6.07) is 0. The van der Waals surface area contributed by atoms with Crippen molar-refractivity contribution in [1.29, 1.82) is 0 Å². The first-order valence-corrected chi connectivity index (χ1v) is 5.95. The Kier molecular flexibility index (Phi) is 4.04. The van der Waals surface area contributed by atoms with Crippen molar-refractivity contribution in [3.8, 4) is 0 Å². The number of ether oxygens (including phenoxy) is 1. The second kappa shape index (κ2) is 4.82. The molecule has 0 aromatic heterocycles. The van der Waals surface area contributed by atoms with Crippen LogP contribution in [0.2, 0.25) is 0 Å². The predicted octanol–water partition coefficient (Wildman–Crippen LogP) is 0.987. The monoisotopic (exact) mass is 245 g/mol. The van der Waals surface area contributed by atoms with Gasteiger partial charge in [-0.25, -0.2) is 4.79 Å². The first-order valence-electron chi connectivity index (χ1n) is 5.95. The number of rotatable bonds is 1. The Labute approximate surface area is 102 Å². The standard InChI is InChI=1S/C12H23NO4/c1-11(2,3)17-10(16)13-6-5-12(4,8-14)9(15)7-13/h9,14-15H,5-8H2,1-4H3/t9-,12-/m0/s1. The van der Waals surface area contributed by atoms with Crippen molar-refractivity contribution in [3.63, 3.8) is 0 Å². The van der Waals surface area contributed by atoms with E-state index in [1.54, 1.807) is 0 Å². The molecule has 0 unspecified atom stereocenters. The molecule has 0 saturated carbocycles. The van der Waals surface area contributed by atoms with E-state index in [1.807, 2.05) is 27.7 Å². The average molecular weight is 245 g/mol. The Morgan fingerprint density at radius 2 is 2.12 bits per heavy atom. The number of carbonyl (C=O) groups excluding carboxylic acids is 1. The van der Waals surface area contributed by atoms with Crippen LogP contribution in [0.1, 0.15) is 34.1 Å². The molecule has 5 heteroatoms. The summed E-state index contributed by atoms with van der Waals surface area (Å²) in [7, 11) is 0. The van der Waals surface area contributed by atoms with Gasteiger partial charge in [0.25, 0.3) is 0 Å². The molecule has 0 aromatic rings. The molecule has 0 spiro atoms. The molecule has 0 aliphatic carbocycles. The fraction of sp³-hybridized carbons (Fsp3) is 0.917. The summed E-state index contributed by atoms with van der Waals surface area (Å²) in [5, 5.41) is 19.2. The molecule has 2 N–H and O–H groups in total. The molecule has 5 nitrogen and oxygen atoms in total. The number of piperidine rings is 1. The molecule has 1 amide bonds. The van der Waals surface area contributed by atoms with Gasteiger partial charge in [0.1, 0.15) is 5.60 Å². The number of hydrogen-bond donors (Lipinski definition) is 2. The molecule has 1 heterocycles. The van der Waals surface area contributed by atoms with Crippen LogP contribution in [0.5, 0.6) is 0 Å². The predicted molar refractivity (Wildman–Crippen MR) is 63.6 cm³/mol. The molecule has 1 aliphatic rings. The number of amides is 1. The van der Waals surface area contributed by atoms with Gasteiger partial charge in [-0.05, 0) is 27.2 Å². The zero-order valence-electron chi connectivity index (χ0n) is 11.1. The normalized spacial score (nSPS) is 30.2. The van der Waals surface area contributed by atoms with Gasteiger partial charge in [0, 0.05) is 12.0 Å². The van der Waals surface area contributed by atoms with Gasteiger partial charge in [0.05, 0.1) is 19.3 Å². The van der Waals surface area contributed by atoms with E-state index in [0.29, 0.717) is 13.0 Å². The third kappa shape index (κ3) is 3.57. The number of aliphatic hydroxyl groups is 2. The van der Waals surface area contributed by atoms with Gasteiger partial charge in [0.2, 0.25) is 0 Å². The Morgan fingerprint density at radius 1 is 1.53 bits per heavy atom. The van der Waals surface area contributed by atoms with Crippen LogP contribution in [0, 0.1) is 5.41 Å². The fourth-order valence-corrected chi connectivity index (χ4v) is 1.75. The lowest BCUT2D eigenvalue weighted by molar-refractivity contribution is -0.0670. The van der Waals surface area contributed by atoms with Crippen molar-refractivity contribution in [2.75, 3.05) is 19.7 Å². The summed E-state index contributed by atoms with van der Waals surface area (Å²) in [4.78, 5) is 13.3. The number of hydrogen-bond acceptors (Lipinski definition) is 4. The van der Waals surface area contributed by atoms with Crippen molar-refractivity contribution >= 4 is 6.09 Å². The molecule has 1 fully saturated rings. The lowest BCUT2D eigenvalue weighted by Gasteiger charge is -2.42. The molecule has 17 heavy (non-hydrogen) atoms. The third-order valence-corrected chi connectivity index (χ3v) is 3.16. The Balaban J connectivity index is 2.58. The van der Waals surface area contributed by atoms with Gasteiger partial charge in [0.15, 0.2) is 0 Å². The first kappa shape index (κ1) is 14.3. The van der Waals surface area contributed by atoms with Crippen molar-refractivity contribution in [2.24, 2.45) is 5.41 Å². The van der Waals surface area contributed by atoms with E-state index in [9.17, 15) is 15.0 Å². The molecule has 2 atom stereocenters. The van der Waals surface area contributed by atoms with Gasteiger partial charge in [-0.2, -0.15) is 0 Å². The van der Waals surface area contributed by atoms with E-state index in [2.05, 4.69) is 0 Å². The number of β-amino-alcohol motifs (C(OH)–C–C–N with tert-alkyl or cyclic N) is 1. The van der Waals surface area contributed by atoms with Crippen LogP contribution >= 0.6 is 0 Å². The fourth-order valence-electron chi connectivity index (χ4n) is 1.75. The first-order chi connectivity index (χ1) is 7.68. The van der Waals surface area contributed by atoms with Crippen LogP contribution in [0.4, 0.5) is 4.79 Å². The minimum Gasteiger partial charge on any atom is -0.444 e. The molecule has 1 saturated heterocycles. The highest BCUT2D eigenvalue weighted by atomic mass is 16.6. The average Bonchev–Trinajstić information content (AvgIpc) is 2.19. The zero-order chi connectivity index (χ0) is 13.3. The van der Waals surface area contributed by atoms with Crippen LogP contribution in [-0.4, -0.2) is 52.6 Å². The maximum absolute atomic E-state index is 11.8. The van der Waals surface area contributed by atoms with Gasteiger partial charge >= 0.3 is 6.09 Å². The summed E-state index contributed by atoms with van der Waals surface area (Å²) < 4.78 is 5.24. The summed E-state index contributed by atoms with van der Waals surface area (Å²) >= 11 is 0. The summed E-state index contributed by atoms with van der Waals surface area (Å²) in [5.41, 5.74) is -1.04. The smallest absolute Gasteiger partial charge is 0.410 e. The topological polar surface area (TPSA) is 70.0 Å². The second-order valence-corrected chi connectivity index (χ2v) is 6.00. The van der Waals surface area contributed by atoms with Gasteiger partial charge < -0.3 is 19.8 Å². The molecular weight excluding hydrogens is 222 g/mol. The Morgan fingerprint density at radius 3 is 2.53 bits per heavy atom. The Bertz CT molecular complexity index is 287. The van der Waals surface area contributed by atoms with Crippen LogP contribution in [0.15, 0.2) is 0 Å². The van der Waals surface area contributed by atoms with Crippen LogP contribution in [0.25, 0.3) is 0 Å². The number of carbonyl (C=O) groups is 1. The minimum absolute atomic E-state index is 0.0731. The molecular formula is C12H23NO4. The van der Waals surface area contributed by atoms with Crippen LogP contribution in [-0.2, 0) is 4.74 Å². The number of likely N-dealkylation sites (tertiary alicyclic amines) is 1. The zero-order valence-corrected chi connectivity index (χ0v) is 11.1. The molecule has 1 aliphatic heterocycles. The number of aliphatic hydroxyl groups excluding tert-OH is 2. The SMILES string of the molecule is CC(C)(C)OC(=O)N1CC[C@@](C)(CO)[C@@H](O)C1. The van der Waals surface area contributed by atoms with E-state index in [1.165, 1.54) is 4.90 Å².